The van der Waals surface area contributed by atoms with Crippen molar-refractivity contribution in [1.29, 1.82) is 0 Å². The summed E-state index contributed by atoms with van der Waals surface area (Å²) < 4.78 is 11.6. The number of hydrogen-bond donors (Lipinski definition) is 4. The smallest absolute Gasteiger partial charge is 0.239 e. The summed E-state index contributed by atoms with van der Waals surface area (Å²) in [7, 11) is 0. The van der Waals surface area contributed by atoms with E-state index in [1.807, 2.05) is 30.5 Å². The summed E-state index contributed by atoms with van der Waals surface area (Å²) in [6.45, 7) is 7.50. The standard InChI is InChI=1S/C29H46N4O6/c1-20(2)10-15-39-27-18-33(21(3)34)13-12-32(11-6-7-14-38-19-26(35)28(27)36)29(37)24(30)16-22-17-31-25-9-5-4-8-23(22)25/h4-5,8-9,17,20,24,26-28,31,35-36H,6-7,10-16,18-19,30H2,1-3H3/t24-,26+,27+,28+/m0/s1. The van der Waals surface area contributed by atoms with Crippen LogP contribution in [0.25, 0.3) is 10.9 Å². The topological polar surface area (TPSA) is 141 Å². The lowest BCUT2D eigenvalue weighted by Crippen LogP contribution is -2.52. The first kappa shape index (κ1) is 31.0. The van der Waals surface area contributed by atoms with E-state index in [9.17, 15) is 19.8 Å². The highest BCUT2D eigenvalue weighted by molar-refractivity contribution is 5.86. The molecule has 3 rings (SSSR count). The van der Waals surface area contributed by atoms with Gasteiger partial charge in [-0.05, 0) is 43.2 Å². The van der Waals surface area contributed by atoms with E-state index in [0.717, 1.165) is 22.9 Å². The summed E-state index contributed by atoms with van der Waals surface area (Å²) in [5.74, 6) is 0.0378. The number of aliphatic hydroxyl groups is 2. The second kappa shape index (κ2) is 15.3. The summed E-state index contributed by atoms with van der Waals surface area (Å²) in [6.07, 6.45) is 1.30. The van der Waals surface area contributed by atoms with Gasteiger partial charge in [-0.15, -0.1) is 0 Å². The lowest BCUT2D eigenvalue weighted by Gasteiger charge is -2.34. The molecule has 1 aliphatic heterocycles. The third-order valence-electron chi connectivity index (χ3n) is 7.29. The third-order valence-corrected chi connectivity index (χ3v) is 7.29. The van der Waals surface area contributed by atoms with Crippen LogP contribution in [0.2, 0.25) is 0 Å². The van der Waals surface area contributed by atoms with Crippen molar-refractivity contribution in [2.24, 2.45) is 11.7 Å². The number of hydrogen-bond acceptors (Lipinski definition) is 7. The summed E-state index contributed by atoms with van der Waals surface area (Å²) in [4.78, 5) is 32.6. The molecular weight excluding hydrogens is 500 g/mol. The molecule has 1 aliphatic rings. The lowest BCUT2D eigenvalue weighted by atomic mass is 10.0. The van der Waals surface area contributed by atoms with Gasteiger partial charge in [0.05, 0.1) is 12.6 Å². The highest BCUT2D eigenvalue weighted by atomic mass is 16.5. The zero-order valence-corrected chi connectivity index (χ0v) is 23.6. The molecule has 0 bridgehead atoms. The molecule has 2 heterocycles. The Morgan fingerprint density at radius 3 is 2.64 bits per heavy atom. The van der Waals surface area contributed by atoms with Crippen LogP contribution in [-0.2, 0) is 25.5 Å². The van der Waals surface area contributed by atoms with E-state index < -0.39 is 24.4 Å². The third kappa shape index (κ3) is 9.29. The van der Waals surface area contributed by atoms with E-state index in [1.165, 1.54) is 6.92 Å². The summed E-state index contributed by atoms with van der Waals surface area (Å²) in [5.41, 5.74) is 8.42. The average Bonchev–Trinajstić information content (AvgIpc) is 3.31. The number of nitrogens with two attached hydrogens (primary N) is 1. The van der Waals surface area contributed by atoms with E-state index in [-0.39, 0.29) is 31.5 Å². The first-order valence-electron chi connectivity index (χ1n) is 14.1. The normalized spacial score (nSPS) is 23.1. The molecule has 0 aliphatic carbocycles. The van der Waals surface area contributed by atoms with E-state index >= 15 is 0 Å². The molecule has 39 heavy (non-hydrogen) atoms. The number of aromatic nitrogens is 1. The van der Waals surface area contributed by atoms with Crippen LogP contribution >= 0.6 is 0 Å². The maximum absolute atomic E-state index is 13.5. The number of para-hydroxylation sites is 1. The number of aliphatic hydroxyl groups excluding tert-OH is 2. The summed E-state index contributed by atoms with van der Waals surface area (Å²) in [6, 6.07) is 7.19. The minimum Gasteiger partial charge on any atom is -0.388 e. The second-order valence-electron chi connectivity index (χ2n) is 10.9. The van der Waals surface area contributed by atoms with E-state index in [0.29, 0.717) is 51.5 Å². The number of ether oxygens (including phenoxy) is 2. The van der Waals surface area contributed by atoms with Crippen molar-refractivity contribution in [3.63, 3.8) is 0 Å². The Kier molecular flexibility index (Phi) is 12.2. The van der Waals surface area contributed by atoms with Crippen LogP contribution in [0.3, 0.4) is 0 Å². The first-order chi connectivity index (χ1) is 18.7. The molecule has 2 amide bonds. The molecule has 10 nitrogen and oxygen atoms in total. The number of nitrogens with one attached hydrogen (secondary N) is 1. The molecule has 0 radical (unpaired) electrons. The van der Waals surface area contributed by atoms with Crippen molar-refractivity contribution in [1.82, 2.24) is 14.8 Å². The zero-order valence-electron chi connectivity index (χ0n) is 23.6. The van der Waals surface area contributed by atoms with Gasteiger partial charge in [0.25, 0.3) is 0 Å². The maximum atomic E-state index is 13.5. The zero-order chi connectivity index (χ0) is 28.4. The quantitative estimate of drug-likeness (QED) is 0.414. The lowest BCUT2D eigenvalue weighted by molar-refractivity contribution is -0.142. The van der Waals surface area contributed by atoms with Gasteiger partial charge in [0, 0.05) is 63.4 Å². The Bertz CT molecular complexity index is 1040. The fourth-order valence-corrected chi connectivity index (χ4v) is 4.80. The van der Waals surface area contributed by atoms with Gasteiger partial charge < -0.3 is 40.2 Å². The van der Waals surface area contributed by atoms with Crippen LogP contribution < -0.4 is 5.73 Å². The number of amides is 2. The predicted octanol–water partition coefficient (Wildman–Crippen LogP) is 1.68. The van der Waals surface area contributed by atoms with Crippen LogP contribution in [-0.4, -0.2) is 107 Å². The largest absolute Gasteiger partial charge is 0.388 e. The highest BCUT2D eigenvalue weighted by Gasteiger charge is 2.31. The Labute approximate surface area is 231 Å². The molecule has 1 fully saturated rings. The number of H-pyrrole nitrogens is 1. The van der Waals surface area contributed by atoms with Gasteiger partial charge >= 0.3 is 0 Å². The van der Waals surface area contributed by atoms with Crippen LogP contribution in [0, 0.1) is 5.92 Å². The number of fused-ring (bicyclic) bond motifs is 1. The summed E-state index contributed by atoms with van der Waals surface area (Å²) in [5, 5.41) is 22.4. The van der Waals surface area contributed by atoms with Gasteiger partial charge in [0.15, 0.2) is 0 Å². The van der Waals surface area contributed by atoms with Crippen molar-refractivity contribution in [2.45, 2.75) is 70.8 Å². The number of carbonyl (C=O) groups excluding carboxylic acids is 2. The monoisotopic (exact) mass is 546 g/mol. The Balaban J connectivity index is 1.72. The minimum absolute atomic E-state index is 0.0383. The Morgan fingerprint density at radius 2 is 1.90 bits per heavy atom. The fraction of sp³-hybridized carbons (Fsp3) is 0.655. The molecule has 5 N–H and O–H groups in total. The molecule has 1 aromatic carbocycles. The van der Waals surface area contributed by atoms with Crippen LogP contribution in [0.5, 0.6) is 0 Å². The molecular formula is C29H46N4O6. The van der Waals surface area contributed by atoms with Crippen molar-refractivity contribution in [3.05, 3.63) is 36.0 Å². The van der Waals surface area contributed by atoms with Crippen LogP contribution in [0.1, 0.15) is 45.6 Å². The van der Waals surface area contributed by atoms with Gasteiger partial charge in [0.2, 0.25) is 11.8 Å². The number of aromatic amines is 1. The molecule has 1 aromatic heterocycles. The first-order valence-corrected chi connectivity index (χ1v) is 14.1. The van der Waals surface area contributed by atoms with Crippen molar-refractivity contribution < 1.29 is 29.3 Å². The van der Waals surface area contributed by atoms with Crippen molar-refractivity contribution in [3.8, 4) is 0 Å². The SMILES string of the molecule is CC(=O)N1CCN(C(=O)[C@@H](N)Cc2c[nH]c3ccccc23)CCCCOC[C@@H](O)[C@@H](O)[C@H](OCCC(C)C)C1. The Morgan fingerprint density at radius 1 is 1.15 bits per heavy atom. The predicted molar refractivity (Wildman–Crippen MR) is 150 cm³/mol. The van der Waals surface area contributed by atoms with Gasteiger partial charge in [-0.25, -0.2) is 0 Å². The highest BCUT2D eigenvalue weighted by Crippen LogP contribution is 2.19. The molecule has 1 saturated heterocycles. The van der Waals surface area contributed by atoms with Gasteiger partial charge in [0.1, 0.15) is 18.3 Å². The van der Waals surface area contributed by atoms with Crippen LogP contribution in [0.15, 0.2) is 30.5 Å². The van der Waals surface area contributed by atoms with Crippen LogP contribution in [0.4, 0.5) is 0 Å². The van der Waals surface area contributed by atoms with E-state index in [2.05, 4.69) is 18.8 Å². The molecule has 4 atom stereocenters. The van der Waals surface area contributed by atoms with Crippen molar-refractivity contribution in [2.75, 3.05) is 46.0 Å². The Hall–Kier alpha value is -2.50. The van der Waals surface area contributed by atoms with E-state index in [1.54, 1.807) is 9.80 Å². The molecule has 10 heteroatoms. The van der Waals surface area contributed by atoms with Gasteiger partial charge in [-0.2, -0.15) is 0 Å². The fourth-order valence-electron chi connectivity index (χ4n) is 4.80. The number of benzene rings is 1. The molecule has 0 unspecified atom stereocenters. The average molecular weight is 547 g/mol. The molecule has 2 aromatic rings. The van der Waals surface area contributed by atoms with Gasteiger partial charge in [-0.1, -0.05) is 32.0 Å². The van der Waals surface area contributed by atoms with Gasteiger partial charge in [-0.3, -0.25) is 9.59 Å². The van der Waals surface area contributed by atoms with E-state index in [4.69, 9.17) is 15.2 Å². The maximum Gasteiger partial charge on any atom is 0.239 e. The number of carbonyl (C=O) groups is 2. The molecule has 0 saturated carbocycles. The second-order valence-corrected chi connectivity index (χ2v) is 10.9. The molecule has 218 valence electrons. The molecule has 0 spiro atoms. The minimum atomic E-state index is -1.22. The summed E-state index contributed by atoms with van der Waals surface area (Å²) >= 11 is 0. The van der Waals surface area contributed by atoms with Crippen molar-refractivity contribution >= 4 is 22.7 Å². The number of rotatable bonds is 7. The number of nitrogens with zero attached hydrogens (tertiary/aromatic N) is 2.